The highest BCUT2D eigenvalue weighted by atomic mass is 35.5. The Morgan fingerprint density at radius 2 is 1.67 bits per heavy atom. The predicted molar refractivity (Wildman–Crippen MR) is 196 cm³/mol. The number of ether oxygens (including phenoxy) is 1. The van der Waals surface area contributed by atoms with Crippen LogP contribution in [0.4, 0.5) is 11.5 Å². The van der Waals surface area contributed by atoms with E-state index in [9.17, 15) is 14.4 Å². The molecule has 3 amide bonds. The molecule has 2 saturated heterocycles. The molecule has 3 aliphatic rings. The summed E-state index contributed by atoms with van der Waals surface area (Å²) in [5, 5.41) is 13.4. The lowest BCUT2D eigenvalue weighted by molar-refractivity contribution is -0.143. The van der Waals surface area contributed by atoms with Crippen LogP contribution in [0, 0.1) is 11.3 Å². The number of carbonyl (C=O) groups is 3. The number of hydrogen-bond donors (Lipinski definition) is 4. The molecule has 272 valence electrons. The second-order valence-electron chi connectivity index (χ2n) is 15.2. The summed E-state index contributed by atoms with van der Waals surface area (Å²) in [5.74, 6) is 1.25. The first-order valence-electron chi connectivity index (χ1n) is 17.8. The van der Waals surface area contributed by atoms with Crippen LogP contribution in [-0.2, 0) is 14.4 Å². The van der Waals surface area contributed by atoms with Gasteiger partial charge in [-0.1, -0.05) is 27.7 Å². The summed E-state index contributed by atoms with van der Waals surface area (Å²) in [5.41, 5.74) is 0.662. The number of piperidine rings is 1. The molecule has 0 bridgehead atoms. The normalized spacial score (nSPS) is 23.3. The van der Waals surface area contributed by atoms with Crippen molar-refractivity contribution in [2.45, 2.75) is 116 Å². The number of amides is 3. The second kappa shape index (κ2) is 16.7. The van der Waals surface area contributed by atoms with E-state index in [1.54, 1.807) is 32.3 Å². The van der Waals surface area contributed by atoms with E-state index in [4.69, 9.17) is 4.74 Å². The molecular formula is C36H57ClN8O4. The zero-order valence-corrected chi connectivity index (χ0v) is 31.1. The largest absolute Gasteiger partial charge is 0.494 e. The number of nitrogens with zero attached hydrogens (tertiary/aromatic N) is 4. The molecule has 2 aliphatic heterocycles. The van der Waals surface area contributed by atoms with Crippen molar-refractivity contribution in [2.24, 2.45) is 11.3 Å². The predicted octanol–water partition coefficient (Wildman–Crippen LogP) is 4.58. The Kier molecular flexibility index (Phi) is 13.1. The quantitative estimate of drug-likeness (QED) is 0.280. The number of likely N-dealkylation sites (N-methyl/N-ethyl adjacent to an activating group) is 1. The van der Waals surface area contributed by atoms with Crippen LogP contribution in [0.3, 0.4) is 0 Å². The van der Waals surface area contributed by atoms with Gasteiger partial charge in [0, 0.05) is 30.1 Å². The first-order chi connectivity index (χ1) is 22.9. The smallest absolute Gasteiger partial charge is 0.247 e. The molecule has 49 heavy (non-hydrogen) atoms. The molecule has 0 spiro atoms. The van der Waals surface area contributed by atoms with Crippen LogP contribution in [0.15, 0.2) is 18.5 Å². The average Bonchev–Trinajstić information content (AvgIpc) is 3.57. The molecule has 3 heterocycles. The molecule has 3 atom stereocenters. The first kappa shape index (κ1) is 38.6. The van der Waals surface area contributed by atoms with Crippen molar-refractivity contribution in [1.29, 1.82) is 0 Å². The number of aromatic nitrogens is 2. The number of nitrogens with one attached hydrogen (secondary N) is 4. The molecule has 1 aromatic heterocycles. The van der Waals surface area contributed by atoms with Crippen molar-refractivity contribution in [3.8, 4) is 5.75 Å². The van der Waals surface area contributed by atoms with Crippen LogP contribution in [0.2, 0.25) is 0 Å². The highest BCUT2D eigenvalue weighted by molar-refractivity contribution is 6.03. The molecule has 4 N–H and O–H groups in total. The molecule has 13 heteroatoms. The van der Waals surface area contributed by atoms with Gasteiger partial charge in [0.1, 0.15) is 30.0 Å². The van der Waals surface area contributed by atoms with Crippen LogP contribution >= 0.6 is 12.4 Å². The van der Waals surface area contributed by atoms with Gasteiger partial charge in [-0.05, 0) is 95.8 Å². The number of hydrogen-bond acceptors (Lipinski definition) is 9. The molecule has 0 radical (unpaired) electrons. The number of carbonyl (C=O) groups excluding carboxylic acids is 3. The lowest BCUT2D eigenvalue weighted by Crippen LogP contribution is -2.59. The molecule has 1 aromatic carbocycles. The van der Waals surface area contributed by atoms with E-state index in [1.807, 2.05) is 32.9 Å². The fourth-order valence-corrected chi connectivity index (χ4v) is 7.37. The maximum atomic E-state index is 13.9. The van der Waals surface area contributed by atoms with Crippen molar-refractivity contribution >= 4 is 52.5 Å². The number of anilines is 2. The third-order valence-electron chi connectivity index (χ3n) is 10.7. The van der Waals surface area contributed by atoms with Gasteiger partial charge in [-0.25, -0.2) is 9.97 Å². The molecule has 0 unspecified atom stereocenters. The van der Waals surface area contributed by atoms with Gasteiger partial charge in [-0.2, -0.15) is 0 Å². The van der Waals surface area contributed by atoms with Crippen LogP contribution in [0.25, 0.3) is 10.9 Å². The standard InChI is InChI=1S/C36H56N8O4.ClH/c1-22-14-17-43(18-15-22)25-12-10-24(11-13-25)40-32-26-19-28(30(48-7)20-27(26)38-21-39-32)41-34(46)29-9-8-16-44(29)35(47)31(36(3,4)5)42-33(45)23(2)37-6;/h19-25,29,31,37H,8-18H2,1-7H3,(H,41,46)(H,42,45)(H,38,39,40);1H/t23-,24?,25?,29-,31+;/m0./s1. The second-order valence-corrected chi connectivity index (χ2v) is 15.2. The maximum absolute atomic E-state index is 13.9. The minimum atomic E-state index is -0.784. The number of rotatable bonds is 10. The zero-order valence-electron chi connectivity index (χ0n) is 30.3. The number of methoxy groups -OCH3 is 1. The van der Waals surface area contributed by atoms with Crippen LogP contribution < -0.4 is 26.0 Å². The molecule has 12 nitrogen and oxygen atoms in total. The Hall–Kier alpha value is -3.22. The minimum absolute atomic E-state index is 0. The summed E-state index contributed by atoms with van der Waals surface area (Å²) in [6.45, 7) is 12.7. The number of benzene rings is 1. The fraction of sp³-hybridized carbons (Fsp3) is 0.694. The van der Waals surface area contributed by atoms with Gasteiger partial charge in [0.25, 0.3) is 0 Å². The molecular weight excluding hydrogens is 644 g/mol. The Morgan fingerprint density at radius 1 is 0.980 bits per heavy atom. The highest BCUT2D eigenvalue weighted by Gasteiger charge is 2.42. The van der Waals surface area contributed by atoms with Gasteiger partial charge < -0.3 is 35.8 Å². The molecule has 3 fully saturated rings. The van der Waals surface area contributed by atoms with E-state index in [2.05, 4.69) is 43.1 Å². The van der Waals surface area contributed by atoms with Crippen molar-refractivity contribution in [3.63, 3.8) is 0 Å². The summed E-state index contributed by atoms with van der Waals surface area (Å²) < 4.78 is 5.68. The van der Waals surface area contributed by atoms with Gasteiger partial charge >= 0.3 is 0 Å². The van der Waals surface area contributed by atoms with E-state index in [-0.39, 0.29) is 30.1 Å². The summed E-state index contributed by atoms with van der Waals surface area (Å²) in [7, 11) is 3.26. The van der Waals surface area contributed by atoms with Crippen LogP contribution in [0.1, 0.15) is 86.0 Å². The lowest BCUT2D eigenvalue weighted by atomic mass is 9.85. The van der Waals surface area contributed by atoms with Gasteiger partial charge in [0.15, 0.2) is 0 Å². The summed E-state index contributed by atoms with van der Waals surface area (Å²) >= 11 is 0. The Bertz CT molecular complexity index is 1450. The Labute approximate surface area is 297 Å². The van der Waals surface area contributed by atoms with Crippen LogP contribution in [-0.4, -0.2) is 101 Å². The summed E-state index contributed by atoms with van der Waals surface area (Å²) in [6.07, 6.45) is 9.90. The Morgan fingerprint density at radius 3 is 2.31 bits per heavy atom. The summed E-state index contributed by atoms with van der Waals surface area (Å²) in [4.78, 5) is 54.0. The third kappa shape index (κ3) is 9.12. The van der Waals surface area contributed by atoms with Gasteiger partial charge in [0.05, 0.1) is 24.4 Å². The van der Waals surface area contributed by atoms with E-state index in [1.165, 1.54) is 38.8 Å². The number of fused-ring (bicyclic) bond motifs is 1. The van der Waals surface area contributed by atoms with Gasteiger partial charge in [-0.15, -0.1) is 12.4 Å². The monoisotopic (exact) mass is 700 g/mol. The van der Waals surface area contributed by atoms with Crippen molar-refractivity contribution in [1.82, 2.24) is 30.4 Å². The molecule has 5 rings (SSSR count). The summed E-state index contributed by atoms with van der Waals surface area (Å²) in [6, 6.07) is 2.75. The number of halogens is 1. The van der Waals surface area contributed by atoms with E-state index in [0.717, 1.165) is 35.5 Å². The zero-order chi connectivity index (χ0) is 34.6. The highest BCUT2D eigenvalue weighted by Crippen LogP contribution is 2.35. The first-order valence-corrected chi connectivity index (χ1v) is 17.8. The minimum Gasteiger partial charge on any atom is -0.494 e. The SMILES string of the molecule is CN[C@@H](C)C(=O)N[C@H](C(=O)N1CCC[C@H]1C(=O)Nc1cc2c(NC3CCC(N4CCC(C)CC4)CC3)ncnc2cc1OC)C(C)(C)C.Cl. The van der Waals surface area contributed by atoms with Gasteiger partial charge in [-0.3, -0.25) is 14.4 Å². The van der Waals surface area contributed by atoms with E-state index in [0.29, 0.717) is 42.9 Å². The maximum Gasteiger partial charge on any atom is 0.247 e. The van der Waals surface area contributed by atoms with Crippen molar-refractivity contribution in [3.05, 3.63) is 18.5 Å². The van der Waals surface area contributed by atoms with Crippen molar-refractivity contribution < 1.29 is 19.1 Å². The van der Waals surface area contributed by atoms with E-state index < -0.39 is 23.5 Å². The fourth-order valence-electron chi connectivity index (χ4n) is 7.37. The Balaban J connectivity index is 0.00000541. The average molecular weight is 701 g/mol. The van der Waals surface area contributed by atoms with Crippen molar-refractivity contribution in [2.75, 3.05) is 44.4 Å². The molecule has 2 aromatic rings. The third-order valence-corrected chi connectivity index (χ3v) is 10.7. The molecule has 1 saturated carbocycles. The molecule has 1 aliphatic carbocycles. The lowest BCUT2D eigenvalue weighted by Gasteiger charge is -2.40. The topological polar surface area (TPSA) is 141 Å². The van der Waals surface area contributed by atoms with Gasteiger partial charge in [0.2, 0.25) is 17.7 Å². The number of likely N-dealkylation sites (tertiary alicyclic amines) is 2. The van der Waals surface area contributed by atoms with E-state index >= 15 is 0 Å². The van der Waals surface area contributed by atoms with Crippen LogP contribution in [0.5, 0.6) is 5.75 Å².